The molecule has 0 spiro atoms. The average Bonchev–Trinajstić information content (AvgIpc) is 3.08. The second kappa shape index (κ2) is 8.89. The van der Waals surface area contributed by atoms with E-state index < -0.39 is 10.0 Å². The first kappa shape index (κ1) is 21.9. The number of hydrogen-bond donors (Lipinski definition) is 1. The van der Waals surface area contributed by atoms with E-state index in [9.17, 15) is 13.2 Å². The third-order valence-electron chi connectivity index (χ3n) is 5.19. The van der Waals surface area contributed by atoms with Gasteiger partial charge in [-0.15, -0.1) is 10.2 Å². The van der Waals surface area contributed by atoms with E-state index in [2.05, 4.69) is 22.4 Å². The Labute approximate surface area is 176 Å². The summed E-state index contributed by atoms with van der Waals surface area (Å²) in [6, 6.07) is 3.80. The topological polar surface area (TPSA) is 92.3 Å². The maximum Gasteiger partial charge on any atom is 0.243 e. The van der Waals surface area contributed by atoms with Crippen molar-refractivity contribution >= 4 is 32.4 Å². The highest BCUT2D eigenvalue weighted by Crippen LogP contribution is 2.29. The van der Waals surface area contributed by atoms with Gasteiger partial charge in [0.2, 0.25) is 21.1 Å². The number of anilines is 1. The molecule has 1 aliphatic rings. The van der Waals surface area contributed by atoms with Crippen LogP contribution in [0.15, 0.2) is 17.0 Å². The van der Waals surface area contributed by atoms with Crippen molar-refractivity contribution < 1.29 is 13.2 Å². The van der Waals surface area contributed by atoms with Crippen molar-refractivity contribution in [3.05, 3.63) is 33.8 Å². The van der Waals surface area contributed by atoms with Gasteiger partial charge in [0.05, 0.1) is 4.90 Å². The minimum atomic E-state index is -3.57. The Balaban J connectivity index is 1.64. The molecule has 158 valence electrons. The molecule has 1 saturated heterocycles. The summed E-state index contributed by atoms with van der Waals surface area (Å²) in [5.41, 5.74) is 2.58. The van der Waals surface area contributed by atoms with Gasteiger partial charge in [-0.2, -0.15) is 4.31 Å². The lowest BCUT2D eigenvalue weighted by atomic mass is 9.97. The van der Waals surface area contributed by atoms with Crippen LogP contribution in [0, 0.1) is 26.7 Å². The van der Waals surface area contributed by atoms with Crippen LogP contribution in [0.25, 0.3) is 0 Å². The standard InChI is InChI=1S/C20H28N4O3S2/c1-5-6-17-22-23-20(28-17)21-19(25)16-7-9-24(10-8-16)29(26,27)18-14(3)11-13(2)12-15(18)4/h11-12,16H,5-10H2,1-4H3,(H,21,23,25). The fraction of sp³-hybridized carbons (Fsp3) is 0.550. The number of nitrogens with zero attached hydrogens (tertiary/aromatic N) is 3. The van der Waals surface area contributed by atoms with Crippen molar-refractivity contribution in [3.8, 4) is 0 Å². The maximum absolute atomic E-state index is 13.2. The van der Waals surface area contributed by atoms with Gasteiger partial charge in [0, 0.05) is 25.4 Å². The number of benzene rings is 1. The van der Waals surface area contributed by atoms with Crippen LogP contribution in [0.5, 0.6) is 0 Å². The predicted octanol–water partition coefficient (Wildman–Crippen LogP) is 3.46. The third kappa shape index (κ3) is 4.84. The smallest absolute Gasteiger partial charge is 0.243 e. The van der Waals surface area contributed by atoms with Gasteiger partial charge in [-0.05, 0) is 51.2 Å². The number of aromatic nitrogens is 2. The summed E-state index contributed by atoms with van der Waals surface area (Å²) in [7, 11) is -3.57. The number of piperidine rings is 1. The average molecular weight is 437 g/mol. The van der Waals surface area contributed by atoms with Crippen LogP contribution in [0.4, 0.5) is 5.13 Å². The highest BCUT2D eigenvalue weighted by molar-refractivity contribution is 7.89. The number of carbonyl (C=O) groups is 1. The zero-order valence-corrected chi connectivity index (χ0v) is 19.0. The minimum absolute atomic E-state index is 0.107. The van der Waals surface area contributed by atoms with Gasteiger partial charge >= 0.3 is 0 Å². The molecule has 0 unspecified atom stereocenters. The molecule has 0 aliphatic carbocycles. The number of carbonyl (C=O) groups excluding carboxylic acids is 1. The van der Waals surface area contributed by atoms with Crippen LogP contribution >= 0.6 is 11.3 Å². The summed E-state index contributed by atoms with van der Waals surface area (Å²) < 4.78 is 27.9. The molecule has 1 aliphatic heterocycles. The molecule has 29 heavy (non-hydrogen) atoms. The summed E-state index contributed by atoms with van der Waals surface area (Å²) in [6.45, 7) is 8.38. The van der Waals surface area contributed by atoms with E-state index in [0.717, 1.165) is 34.5 Å². The number of sulfonamides is 1. The number of amides is 1. The predicted molar refractivity (Wildman–Crippen MR) is 115 cm³/mol. The molecule has 0 radical (unpaired) electrons. The molecule has 1 N–H and O–H groups in total. The van der Waals surface area contributed by atoms with E-state index in [1.165, 1.54) is 15.6 Å². The lowest BCUT2D eigenvalue weighted by Crippen LogP contribution is -2.41. The molecule has 1 aromatic heterocycles. The van der Waals surface area contributed by atoms with Crippen molar-refractivity contribution in [2.24, 2.45) is 5.92 Å². The van der Waals surface area contributed by atoms with E-state index in [-0.39, 0.29) is 11.8 Å². The number of nitrogens with one attached hydrogen (secondary N) is 1. The number of hydrogen-bond acceptors (Lipinski definition) is 6. The van der Waals surface area contributed by atoms with E-state index in [4.69, 9.17) is 0 Å². The highest BCUT2D eigenvalue weighted by atomic mass is 32.2. The fourth-order valence-electron chi connectivity index (χ4n) is 3.89. The van der Waals surface area contributed by atoms with Crippen LogP contribution in [-0.4, -0.2) is 41.9 Å². The van der Waals surface area contributed by atoms with Gasteiger partial charge < -0.3 is 5.32 Å². The minimum Gasteiger partial charge on any atom is -0.300 e. The Kier molecular flexibility index (Phi) is 6.70. The van der Waals surface area contributed by atoms with Crippen molar-refractivity contribution in [1.29, 1.82) is 0 Å². The lowest BCUT2D eigenvalue weighted by molar-refractivity contribution is -0.120. The van der Waals surface area contributed by atoms with Gasteiger partial charge in [-0.1, -0.05) is 36.0 Å². The van der Waals surface area contributed by atoms with Crippen LogP contribution in [0.2, 0.25) is 0 Å². The molecular formula is C20H28N4O3S2. The molecule has 3 rings (SSSR count). The normalized spacial score (nSPS) is 16.1. The SMILES string of the molecule is CCCc1nnc(NC(=O)C2CCN(S(=O)(=O)c3c(C)cc(C)cc3C)CC2)s1. The summed E-state index contributed by atoms with van der Waals surface area (Å²) in [5.74, 6) is -0.330. The van der Waals surface area contributed by atoms with E-state index in [1.807, 2.05) is 32.9 Å². The molecule has 7 nitrogen and oxygen atoms in total. The number of aryl methyl sites for hydroxylation is 4. The Morgan fingerprint density at radius 2 is 1.79 bits per heavy atom. The van der Waals surface area contributed by atoms with Gasteiger partial charge in [0.15, 0.2) is 0 Å². The largest absolute Gasteiger partial charge is 0.300 e. The van der Waals surface area contributed by atoms with Crippen molar-refractivity contribution in [2.75, 3.05) is 18.4 Å². The highest BCUT2D eigenvalue weighted by Gasteiger charge is 2.34. The van der Waals surface area contributed by atoms with E-state index in [0.29, 0.717) is 36.0 Å². The Hall–Kier alpha value is -1.84. The Morgan fingerprint density at radius 1 is 1.17 bits per heavy atom. The fourth-order valence-corrected chi connectivity index (χ4v) is 6.61. The van der Waals surface area contributed by atoms with Crippen LogP contribution in [0.3, 0.4) is 0 Å². The lowest BCUT2D eigenvalue weighted by Gasteiger charge is -2.31. The summed E-state index contributed by atoms with van der Waals surface area (Å²) in [4.78, 5) is 13.0. The molecule has 0 saturated carbocycles. The molecular weight excluding hydrogens is 408 g/mol. The van der Waals surface area contributed by atoms with Gasteiger partial charge in [-0.25, -0.2) is 8.42 Å². The molecule has 9 heteroatoms. The van der Waals surface area contributed by atoms with Gasteiger partial charge in [0.1, 0.15) is 5.01 Å². The van der Waals surface area contributed by atoms with Gasteiger partial charge in [-0.3, -0.25) is 4.79 Å². The first-order valence-electron chi connectivity index (χ1n) is 9.93. The van der Waals surface area contributed by atoms with Crippen molar-refractivity contribution in [1.82, 2.24) is 14.5 Å². The first-order valence-corrected chi connectivity index (χ1v) is 12.2. The summed E-state index contributed by atoms with van der Waals surface area (Å²) >= 11 is 1.40. The summed E-state index contributed by atoms with van der Waals surface area (Å²) in [6.07, 6.45) is 2.82. The molecule has 0 bridgehead atoms. The molecule has 1 fully saturated rings. The second-order valence-electron chi connectivity index (χ2n) is 7.65. The van der Waals surface area contributed by atoms with Crippen LogP contribution in [0.1, 0.15) is 47.9 Å². The van der Waals surface area contributed by atoms with Crippen molar-refractivity contribution in [2.45, 2.75) is 58.3 Å². The molecule has 1 amide bonds. The van der Waals surface area contributed by atoms with E-state index >= 15 is 0 Å². The second-order valence-corrected chi connectivity index (χ2v) is 10.6. The summed E-state index contributed by atoms with van der Waals surface area (Å²) in [5, 5.41) is 12.4. The quantitative estimate of drug-likeness (QED) is 0.749. The Morgan fingerprint density at radius 3 is 2.38 bits per heavy atom. The van der Waals surface area contributed by atoms with Gasteiger partial charge in [0.25, 0.3) is 0 Å². The number of rotatable bonds is 6. The Bertz CT molecular complexity index is 970. The van der Waals surface area contributed by atoms with Crippen LogP contribution < -0.4 is 5.32 Å². The zero-order chi connectivity index (χ0) is 21.2. The van der Waals surface area contributed by atoms with E-state index in [1.54, 1.807) is 0 Å². The first-order chi connectivity index (χ1) is 13.7. The maximum atomic E-state index is 13.2. The molecule has 2 aromatic rings. The van der Waals surface area contributed by atoms with Crippen molar-refractivity contribution in [3.63, 3.8) is 0 Å². The monoisotopic (exact) mass is 436 g/mol. The zero-order valence-electron chi connectivity index (χ0n) is 17.4. The third-order valence-corrected chi connectivity index (χ3v) is 8.29. The molecule has 0 atom stereocenters. The molecule has 1 aromatic carbocycles. The molecule has 2 heterocycles. The van der Waals surface area contributed by atoms with Crippen LogP contribution in [-0.2, 0) is 21.2 Å².